The minimum Gasteiger partial charge on any atom is -0.324 e. The van der Waals surface area contributed by atoms with Crippen molar-refractivity contribution < 1.29 is 6.17 Å². The lowest BCUT2D eigenvalue weighted by Crippen LogP contribution is -1.97. The van der Waals surface area contributed by atoms with Gasteiger partial charge in [0.25, 0.3) is 0 Å². The lowest BCUT2D eigenvalue weighted by Gasteiger charge is -1.55. The fourth-order valence-electron chi connectivity index (χ4n) is 0. The molecule has 4 heavy (non-hydrogen) atoms. The fraction of sp³-hybridized carbons (Fsp3) is 0.500. The molecule has 0 rings (SSSR count). The van der Waals surface area contributed by atoms with Crippen LogP contribution in [0.4, 0.5) is 0 Å². The topological polar surface area (TPSA) is 43.1 Å². The minimum atomic E-state index is -0.718. The van der Waals surface area contributed by atoms with Gasteiger partial charge in [0.05, 0.1) is 0 Å². The summed E-state index contributed by atoms with van der Waals surface area (Å²) in [5.74, 6) is 0. The largest absolute Gasteiger partial charge is 0.324 e. The summed E-state index contributed by atoms with van der Waals surface area (Å²) in [7, 11) is 0. The van der Waals surface area contributed by atoms with Gasteiger partial charge in [-0.05, 0) is 0 Å². The Morgan fingerprint density at radius 1 is 2.50 bits per heavy atom. The summed E-state index contributed by atoms with van der Waals surface area (Å²) < 4.78 is 6.06. The van der Waals surface area contributed by atoms with Gasteiger partial charge in [0.2, 0.25) is 0 Å². The van der Waals surface area contributed by atoms with E-state index in [1.54, 1.807) is 0 Å². The number of rotatable bonds is 1. The average molecular weight is 61.1 g/mol. The van der Waals surface area contributed by atoms with E-state index in [1.165, 1.54) is 0 Å². The Morgan fingerprint density at radius 3 is 2.75 bits per heavy atom. The van der Waals surface area contributed by atoms with Crippen LogP contribution >= 0.6 is 0 Å². The molecule has 0 amide bonds. The van der Waals surface area contributed by atoms with Gasteiger partial charge in [-0.3, -0.25) is 0 Å². The second-order valence-electron chi connectivity index (χ2n) is 0.348. The van der Waals surface area contributed by atoms with Crippen LogP contribution in [0, 0.1) is 0 Å². The van der Waals surface area contributed by atoms with Gasteiger partial charge in [-0.2, -0.15) is 0 Å². The number of hydrogen-bond acceptors (Lipinski definition) is 2. The zero-order chi connectivity index (χ0) is 4.28. The van der Waals surface area contributed by atoms with Crippen LogP contribution in [0.2, 0.25) is 0 Å². The van der Waals surface area contributed by atoms with Crippen LogP contribution in [0.15, 0.2) is 0 Å². The van der Waals surface area contributed by atoms with Gasteiger partial charge in [-0.15, -0.1) is 0 Å². The highest BCUT2D eigenvalue weighted by molar-refractivity contribution is 5.51. The lowest BCUT2D eigenvalue weighted by molar-refractivity contribution is -0.106. The van der Waals surface area contributed by atoms with Crippen molar-refractivity contribution in [3.63, 3.8) is 0 Å². The first kappa shape index (κ1) is 1.91. The quantitative estimate of drug-likeness (QED) is 0.401. The third-order valence-electron chi connectivity index (χ3n) is 0.0833. The molecule has 0 spiro atoms. The van der Waals surface area contributed by atoms with Crippen LogP contribution in [0.5, 0.6) is 0 Å². The van der Waals surface area contributed by atoms with Gasteiger partial charge in [-0.25, -0.2) is 0 Å². The van der Waals surface area contributed by atoms with Crippen molar-refractivity contribution in [1.82, 2.24) is 0 Å². The average Bonchev–Trinajstić information content (AvgIpc) is 1.38. The molecule has 0 aliphatic carbocycles. The summed E-state index contributed by atoms with van der Waals surface area (Å²) in [6.45, 7) is -0.167. The van der Waals surface area contributed by atoms with Crippen molar-refractivity contribution >= 4 is 6.26 Å². The minimum absolute atomic E-state index is 0.167. The Kier molecular flexibility index (Phi) is 1.25. The van der Waals surface area contributed by atoms with Crippen molar-refractivity contribution in [2.45, 2.75) is 0 Å². The van der Waals surface area contributed by atoms with Crippen LogP contribution in [-0.2, 0) is 4.79 Å². The number of carbonyl (C=O) groups is 1. The van der Waals surface area contributed by atoms with Gasteiger partial charge in [0.1, 0.15) is 7.63 Å². The van der Waals surface area contributed by atoms with E-state index in [1.807, 2.05) is 0 Å². The molecule has 0 atom stereocenters. The molecule has 0 saturated carbocycles. The predicted octanol–water partition coefficient (Wildman–Crippen LogP) is -0.856. The van der Waals surface area contributed by atoms with E-state index in [0.29, 0.717) is 0 Å². The molecule has 0 aliphatic rings. The summed E-state index contributed by atoms with van der Waals surface area (Å²) in [5.41, 5.74) is 4.63. The lowest BCUT2D eigenvalue weighted by atomic mass is 10.8. The van der Waals surface area contributed by atoms with E-state index < -0.39 is 6.26 Å². The maximum atomic E-state index is 9.35. The van der Waals surface area contributed by atoms with Crippen LogP contribution in [0.25, 0.3) is 0 Å². The van der Waals surface area contributed by atoms with Crippen LogP contribution < -0.4 is 5.73 Å². The third-order valence-corrected chi connectivity index (χ3v) is 0.0833. The van der Waals surface area contributed by atoms with Crippen LogP contribution in [-0.4, -0.2) is 12.8 Å². The predicted molar refractivity (Wildman–Crippen MR) is 15.1 cm³/mol. The molecule has 0 saturated heterocycles. The van der Waals surface area contributed by atoms with E-state index in [4.69, 9.17) is 1.37 Å². The molecule has 2 nitrogen and oxygen atoms in total. The normalized spacial score (nSPS) is 9.75. The first-order valence-electron chi connectivity index (χ1n) is 1.47. The standard InChI is InChI=1S/C2H5NO/c3-1-2-4/h2H,1,3H2/i2T. The van der Waals surface area contributed by atoms with E-state index in [-0.39, 0.29) is 6.54 Å². The number of carbonyl (C=O) groups excluding carboxylic acids is 1. The third kappa shape index (κ3) is 1.63. The second-order valence-corrected chi connectivity index (χ2v) is 0.348. The molecule has 0 fully saturated rings. The maximum absolute atomic E-state index is 9.35. The van der Waals surface area contributed by atoms with Gasteiger partial charge >= 0.3 is 0 Å². The highest BCUT2D eigenvalue weighted by atomic mass is 16.1. The zero-order valence-corrected chi connectivity index (χ0v) is 2.19. The molecule has 2 heteroatoms. The van der Waals surface area contributed by atoms with Gasteiger partial charge in [-0.1, -0.05) is 0 Å². The number of nitrogens with two attached hydrogens (primary N) is 1. The summed E-state index contributed by atoms with van der Waals surface area (Å²) in [5, 5.41) is 0. The zero-order valence-electron chi connectivity index (χ0n) is 3.19. The molecule has 0 unspecified atom stereocenters. The Bertz CT molecular complexity index is 44.9. The Balaban J connectivity index is 2.85. The summed E-state index contributed by atoms with van der Waals surface area (Å²) in [6.07, 6.45) is -0.718. The summed E-state index contributed by atoms with van der Waals surface area (Å²) in [4.78, 5) is 9.35. The van der Waals surface area contributed by atoms with Crippen molar-refractivity contribution in [3.8, 4) is 0 Å². The van der Waals surface area contributed by atoms with Gasteiger partial charge in [0, 0.05) is 6.54 Å². The van der Waals surface area contributed by atoms with E-state index in [2.05, 4.69) is 5.73 Å². The van der Waals surface area contributed by atoms with Crippen molar-refractivity contribution in [2.24, 2.45) is 5.73 Å². The van der Waals surface area contributed by atoms with Gasteiger partial charge in [0.15, 0.2) is 0 Å². The van der Waals surface area contributed by atoms with E-state index >= 15 is 0 Å². The fourth-order valence-corrected chi connectivity index (χ4v) is 0. The molecule has 0 aliphatic heterocycles. The Morgan fingerprint density at radius 2 is 2.75 bits per heavy atom. The maximum Gasteiger partial charge on any atom is 0.133 e. The summed E-state index contributed by atoms with van der Waals surface area (Å²) in [6, 6.07) is 0. The van der Waals surface area contributed by atoms with E-state index in [9.17, 15) is 4.79 Å². The molecule has 0 heterocycles. The monoisotopic (exact) mass is 61.0 g/mol. The molecule has 0 aromatic carbocycles. The van der Waals surface area contributed by atoms with Crippen molar-refractivity contribution in [2.75, 3.05) is 6.54 Å². The SMILES string of the molecule is [3H]C(=O)CN. The molecular formula is C2H5NO. The van der Waals surface area contributed by atoms with Crippen LogP contribution in [0.1, 0.15) is 1.37 Å². The summed E-state index contributed by atoms with van der Waals surface area (Å²) >= 11 is 0. The molecule has 0 radical (unpaired) electrons. The smallest absolute Gasteiger partial charge is 0.133 e. The Hall–Kier alpha value is -0.370. The highest BCUT2D eigenvalue weighted by Gasteiger charge is 1.51. The molecular weight excluding hydrogens is 54.0 g/mol. The van der Waals surface area contributed by atoms with Crippen molar-refractivity contribution in [1.29, 1.82) is 0 Å². The molecule has 0 aromatic heterocycles. The first-order valence-corrected chi connectivity index (χ1v) is 0.966. The van der Waals surface area contributed by atoms with E-state index in [0.717, 1.165) is 0 Å². The number of aldehydes is 1. The molecule has 0 aromatic rings. The molecule has 0 bridgehead atoms. The Labute approximate surface area is 26.0 Å². The number of hydrogen-bond donors (Lipinski definition) is 1. The first-order chi connectivity index (χ1) is 2.27. The second kappa shape index (κ2) is 2.63. The van der Waals surface area contributed by atoms with Crippen LogP contribution in [0.3, 0.4) is 0 Å². The molecule has 2 N–H and O–H groups in total. The van der Waals surface area contributed by atoms with Gasteiger partial charge < -0.3 is 10.5 Å². The highest BCUT2D eigenvalue weighted by Crippen LogP contribution is 1.18. The molecule has 24 valence electrons. The van der Waals surface area contributed by atoms with Crippen molar-refractivity contribution in [3.05, 3.63) is 0 Å².